The van der Waals surface area contributed by atoms with Gasteiger partial charge in [-0.25, -0.2) is 14.4 Å². The Morgan fingerprint density at radius 3 is 2.28 bits per heavy atom. The highest BCUT2D eigenvalue weighted by molar-refractivity contribution is 5.55. The van der Waals surface area contributed by atoms with E-state index in [1.807, 2.05) is 54.6 Å². The molecule has 0 spiro atoms. The van der Waals surface area contributed by atoms with Crippen LogP contribution >= 0.6 is 0 Å². The molecule has 4 rings (SSSR count). The topological polar surface area (TPSA) is 56.3 Å². The summed E-state index contributed by atoms with van der Waals surface area (Å²) in [5.41, 5.74) is 1.91. The molecule has 5 nitrogen and oxygen atoms in total. The first-order valence-corrected chi connectivity index (χ1v) is 9.04. The maximum atomic E-state index is 13.0. The molecule has 6 heteroatoms. The molecule has 3 aromatic carbocycles. The maximum Gasteiger partial charge on any atom is 0.227 e. The lowest BCUT2D eigenvalue weighted by Gasteiger charge is -2.10. The minimum atomic E-state index is -0.317. The van der Waals surface area contributed by atoms with Gasteiger partial charge in [0.15, 0.2) is 5.75 Å². The van der Waals surface area contributed by atoms with E-state index in [-0.39, 0.29) is 5.82 Å². The van der Waals surface area contributed by atoms with Crippen molar-refractivity contribution in [3.05, 3.63) is 103 Å². The van der Waals surface area contributed by atoms with Gasteiger partial charge in [0.25, 0.3) is 0 Å². The number of hydrogen-bond acceptors (Lipinski definition) is 5. The summed E-state index contributed by atoms with van der Waals surface area (Å²) in [4.78, 5) is 8.50. The van der Waals surface area contributed by atoms with Crippen LogP contribution in [0.15, 0.2) is 91.3 Å². The van der Waals surface area contributed by atoms with Gasteiger partial charge in [0.05, 0.1) is 12.4 Å². The van der Waals surface area contributed by atoms with Gasteiger partial charge in [-0.3, -0.25) is 0 Å². The molecule has 0 amide bonds. The average Bonchev–Trinajstić information content (AvgIpc) is 2.76. The number of nitrogens with one attached hydrogen (secondary N) is 1. The van der Waals surface area contributed by atoms with Crippen molar-refractivity contribution >= 4 is 11.6 Å². The number of halogens is 1. The minimum Gasteiger partial charge on any atom is -0.489 e. The van der Waals surface area contributed by atoms with E-state index in [0.717, 1.165) is 17.0 Å². The molecule has 0 saturated heterocycles. The molecule has 0 bridgehead atoms. The minimum absolute atomic E-state index is 0.317. The number of hydrogen-bond donors (Lipinski definition) is 1. The number of nitrogens with zero attached hydrogens (tertiary/aromatic N) is 2. The zero-order chi connectivity index (χ0) is 19.9. The van der Waals surface area contributed by atoms with Gasteiger partial charge in [-0.2, -0.15) is 0 Å². The Morgan fingerprint density at radius 2 is 1.52 bits per heavy atom. The van der Waals surface area contributed by atoms with Crippen LogP contribution in [-0.4, -0.2) is 9.97 Å². The molecular weight excluding hydrogens is 369 g/mol. The van der Waals surface area contributed by atoms with E-state index >= 15 is 0 Å². The highest BCUT2D eigenvalue weighted by Crippen LogP contribution is 2.23. The quantitative estimate of drug-likeness (QED) is 0.439. The van der Waals surface area contributed by atoms with Crippen LogP contribution in [0.5, 0.6) is 17.2 Å². The van der Waals surface area contributed by atoms with Gasteiger partial charge in [0.1, 0.15) is 23.9 Å². The van der Waals surface area contributed by atoms with Crippen molar-refractivity contribution in [2.24, 2.45) is 0 Å². The monoisotopic (exact) mass is 387 g/mol. The van der Waals surface area contributed by atoms with Crippen molar-refractivity contribution in [1.29, 1.82) is 0 Å². The summed E-state index contributed by atoms with van der Waals surface area (Å²) in [6.45, 7) is 0.496. The number of aromatic nitrogens is 2. The second kappa shape index (κ2) is 8.84. The Balaban J connectivity index is 1.36. The molecule has 29 heavy (non-hydrogen) atoms. The summed E-state index contributed by atoms with van der Waals surface area (Å²) in [5, 5.41) is 3.13. The van der Waals surface area contributed by atoms with Crippen molar-refractivity contribution in [2.75, 3.05) is 5.32 Å². The maximum absolute atomic E-state index is 13.0. The summed E-state index contributed by atoms with van der Waals surface area (Å²) in [6, 6.07) is 23.3. The van der Waals surface area contributed by atoms with E-state index in [4.69, 9.17) is 9.47 Å². The fourth-order valence-electron chi connectivity index (χ4n) is 2.61. The Morgan fingerprint density at radius 1 is 0.759 bits per heavy atom. The largest absolute Gasteiger partial charge is 0.489 e. The molecule has 1 N–H and O–H groups in total. The van der Waals surface area contributed by atoms with E-state index in [0.29, 0.717) is 24.1 Å². The van der Waals surface area contributed by atoms with Crippen LogP contribution in [0, 0.1) is 5.82 Å². The zero-order valence-electron chi connectivity index (χ0n) is 15.5. The molecule has 0 aliphatic heterocycles. The van der Waals surface area contributed by atoms with Crippen LogP contribution in [0.3, 0.4) is 0 Å². The fraction of sp³-hybridized carbons (Fsp3) is 0.0435. The second-order valence-electron chi connectivity index (χ2n) is 6.23. The van der Waals surface area contributed by atoms with Crippen LogP contribution < -0.4 is 14.8 Å². The summed E-state index contributed by atoms with van der Waals surface area (Å²) in [5.74, 6) is 1.83. The lowest BCUT2D eigenvalue weighted by Crippen LogP contribution is -1.99. The zero-order valence-corrected chi connectivity index (χ0v) is 15.5. The van der Waals surface area contributed by atoms with Gasteiger partial charge >= 0.3 is 0 Å². The predicted octanol–water partition coefficient (Wildman–Crippen LogP) is 5.73. The average molecular weight is 387 g/mol. The molecular formula is C23H18FN3O2. The molecule has 4 aromatic rings. The van der Waals surface area contributed by atoms with Gasteiger partial charge < -0.3 is 14.8 Å². The smallest absolute Gasteiger partial charge is 0.227 e. The van der Waals surface area contributed by atoms with E-state index in [1.165, 1.54) is 12.1 Å². The number of benzene rings is 3. The summed E-state index contributed by atoms with van der Waals surface area (Å²) in [6.07, 6.45) is 3.10. The van der Waals surface area contributed by atoms with Crippen molar-refractivity contribution in [3.8, 4) is 17.2 Å². The van der Waals surface area contributed by atoms with Gasteiger partial charge in [-0.05, 0) is 42.0 Å². The third kappa shape index (κ3) is 5.29. The van der Waals surface area contributed by atoms with E-state index in [1.54, 1.807) is 24.5 Å². The van der Waals surface area contributed by atoms with E-state index in [9.17, 15) is 4.39 Å². The van der Waals surface area contributed by atoms with Gasteiger partial charge in [0.2, 0.25) is 5.95 Å². The van der Waals surface area contributed by atoms with Crippen molar-refractivity contribution < 1.29 is 13.9 Å². The first-order chi connectivity index (χ1) is 14.2. The number of ether oxygens (including phenoxy) is 2. The molecule has 0 radical (unpaired) electrons. The van der Waals surface area contributed by atoms with Crippen molar-refractivity contribution in [1.82, 2.24) is 9.97 Å². The van der Waals surface area contributed by atoms with Gasteiger partial charge in [-0.1, -0.05) is 36.4 Å². The Hall–Kier alpha value is -3.93. The highest BCUT2D eigenvalue weighted by Gasteiger charge is 2.03. The predicted molar refractivity (Wildman–Crippen MR) is 109 cm³/mol. The van der Waals surface area contributed by atoms with Crippen LogP contribution in [0.2, 0.25) is 0 Å². The number of rotatable bonds is 7. The third-order valence-electron chi connectivity index (χ3n) is 4.02. The Kier molecular flexibility index (Phi) is 5.62. The van der Waals surface area contributed by atoms with Gasteiger partial charge in [-0.15, -0.1) is 0 Å². The van der Waals surface area contributed by atoms with Crippen LogP contribution in [-0.2, 0) is 6.61 Å². The summed E-state index contributed by atoms with van der Waals surface area (Å²) >= 11 is 0. The van der Waals surface area contributed by atoms with Crippen LogP contribution in [0.4, 0.5) is 16.0 Å². The lowest BCUT2D eigenvalue weighted by molar-refractivity contribution is 0.306. The molecule has 0 aliphatic carbocycles. The first-order valence-electron chi connectivity index (χ1n) is 9.04. The highest BCUT2D eigenvalue weighted by atomic mass is 19.1. The number of anilines is 2. The molecule has 0 fully saturated rings. The Labute approximate surface area is 167 Å². The third-order valence-corrected chi connectivity index (χ3v) is 4.02. The second-order valence-corrected chi connectivity index (χ2v) is 6.23. The van der Waals surface area contributed by atoms with E-state index in [2.05, 4.69) is 15.3 Å². The molecule has 1 aromatic heterocycles. The van der Waals surface area contributed by atoms with Crippen LogP contribution in [0.1, 0.15) is 5.56 Å². The molecule has 0 atom stereocenters. The molecule has 0 saturated carbocycles. The first kappa shape index (κ1) is 18.4. The molecule has 1 heterocycles. The van der Waals surface area contributed by atoms with Gasteiger partial charge in [0, 0.05) is 11.8 Å². The molecule has 144 valence electrons. The van der Waals surface area contributed by atoms with Crippen LogP contribution in [0.25, 0.3) is 0 Å². The van der Waals surface area contributed by atoms with E-state index < -0.39 is 0 Å². The molecule has 0 aliphatic rings. The fourth-order valence-corrected chi connectivity index (χ4v) is 2.61. The molecule has 0 unspecified atom stereocenters. The summed E-state index contributed by atoms with van der Waals surface area (Å²) < 4.78 is 24.4. The SMILES string of the molecule is Fc1ccc(Oc2cnc(Nc3cccc(OCc4ccccc4)c3)nc2)cc1. The summed E-state index contributed by atoms with van der Waals surface area (Å²) in [7, 11) is 0. The Bertz CT molecular complexity index is 1060. The lowest BCUT2D eigenvalue weighted by atomic mass is 10.2. The van der Waals surface area contributed by atoms with Crippen molar-refractivity contribution in [3.63, 3.8) is 0 Å². The normalized spacial score (nSPS) is 10.4. The van der Waals surface area contributed by atoms with Crippen molar-refractivity contribution in [2.45, 2.75) is 6.61 Å². The standard InChI is InChI=1S/C23H18FN3O2/c24-18-9-11-20(12-10-18)29-22-14-25-23(26-15-22)27-19-7-4-8-21(13-19)28-16-17-5-2-1-3-6-17/h1-15H,16H2,(H,25,26,27).